The van der Waals surface area contributed by atoms with Gasteiger partial charge >= 0.3 is 0 Å². The molecule has 0 bridgehead atoms. The second-order valence-electron chi connectivity index (χ2n) is 4.66. The Kier molecular flexibility index (Phi) is 9.22. The van der Waals surface area contributed by atoms with Gasteiger partial charge in [-0.15, -0.1) is 0 Å². The van der Waals surface area contributed by atoms with E-state index in [4.69, 9.17) is 0 Å². The van der Waals surface area contributed by atoms with Gasteiger partial charge < -0.3 is 0 Å². The molecule has 1 heteroatoms. The molecule has 19 heavy (non-hydrogen) atoms. The smallest absolute Gasteiger partial charge is 0 e. The largest absolute Gasteiger partial charge is 0.196 e. The third-order valence-corrected chi connectivity index (χ3v) is 3.70. The second-order valence-corrected chi connectivity index (χ2v) is 4.66. The maximum absolute atomic E-state index is 2.20. The molecule has 0 aromatic heterocycles. The van der Waals surface area contributed by atoms with Crippen LogP contribution in [0.2, 0.25) is 0 Å². The fraction of sp³-hybridized carbons (Fsp3) is 0.278. The number of allylic oxidation sites excluding steroid dienone is 8. The van der Waals surface area contributed by atoms with Crippen LogP contribution >= 0.6 is 0 Å². The summed E-state index contributed by atoms with van der Waals surface area (Å²) in [6.07, 6.45) is 16.0. The Morgan fingerprint density at radius 2 is 0.789 bits per heavy atom. The Bertz CT molecular complexity index is 372. The summed E-state index contributed by atoms with van der Waals surface area (Å²) in [6, 6.07) is 0. The molecule has 0 nitrogen and oxygen atoms in total. The molecule has 0 heterocycles. The molecule has 0 unspecified atom stereocenters. The summed E-state index contributed by atoms with van der Waals surface area (Å²) in [7, 11) is 0. The van der Waals surface area contributed by atoms with Crippen LogP contribution in [0.1, 0.15) is 27.8 Å². The summed E-state index contributed by atoms with van der Waals surface area (Å²) in [6.45, 7) is 11.0. The minimum atomic E-state index is 0. The molecule has 0 fully saturated rings. The molecule has 0 N–H and O–H groups in total. The summed E-state index contributed by atoms with van der Waals surface area (Å²) in [5, 5.41) is 0. The molecule has 0 aliphatic heterocycles. The van der Waals surface area contributed by atoms with Crippen molar-refractivity contribution in [3.63, 3.8) is 0 Å². The maximum Gasteiger partial charge on any atom is 0 e. The quantitative estimate of drug-likeness (QED) is 0.520. The van der Waals surface area contributed by atoms with E-state index < -0.39 is 0 Å². The Labute approximate surface area is 147 Å². The van der Waals surface area contributed by atoms with E-state index in [1.807, 2.05) is 48.6 Å². The first-order chi connectivity index (χ1) is 8.55. The van der Waals surface area contributed by atoms with Crippen molar-refractivity contribution in [2.24, 2.45) is 0 Å². The third kappa shape index (κ3) is 5.59. The van der Waals surface area contributed by atoms with Crippen molar-refractivity contribution in [1.82, 2.24) is 0 Å². The van der Waals surface area contributed by atoms with Crippen LogP contribution < -0.4 is 0 Å². The average molecular weight is 408 g/mol. The Morgan fingerprint density at radius 1 is 0.579 bits per heavy atom. The van der Waals surface area contributed by atoms with Crippen molar-refractivity contribution in [2.45, 2.75) is 34.6 Å². The second kappa shape index (κ2) is 9.45. The molecular weight excluding hydrogens is 385 g/mol. The van der Waals surface area contributed by atoms with E-state index in [2.05, 4.69) is 34.6 Å². The zero-order chi connectivity index (χ0) is 13.5. The van der Waals surface area contributed by atoms with Crippen LogP contribution in [0.25, 0.3) is 0 Å². The first kappa shape index (κ1) is 18.5. The van der Waals surface area contributed by atoms with Gasteiger partial charge in [0.15, 0.2) is 0 Å². The maximum atomic E-state index is 2.20. The van der Waals surface area contributed by atoms with E-state index in [0.29, 0.717) is 0 Å². The molecule has 0 spiro atoms. The Hall–Kier alpha value is -0.456. The van der Waals surface area contributed by atoms with Crippen molar-refractivity contribution in [1.29, 1.82) is 0 Å². The summed E-state index contributed by atoms with van der Waals surface area (Å²) >= 11 is 0. The van der Waals surface area contributed by atoms with Crippen molar-refractivity contribution in [3.8, 4) is 0 Å². The fourth-order valence-electron chi connectivity index (χ4n) is 1.92. The van der Waals surface area contributed by atoms with Crippen molar-refractivity contribution in [3.05, 3.63) is 76.4 Å². The van der Waals surface area contributed by atoms with Gasteiger partial charge in [-0.05, 0) is 0 Å². The Morgan fingerprint density at radius 3 is 0.895 bits per heavy atom. The molecule has 0 amide bonds. The topological polar surface area (TPSA) is 0 Å². The molecular formula is C18H23Tm-. The monoisotopic (exact) mass is 408 g/mol. The van der Waals surface area contributed by atoms with Gasteiger partial charge in [-0.3, -0.25) is 0 Å². The van der Waals surface area contributed by atoms with Gasteiger partial charge in [0.2, 0.25) is 0 Å². The molecule has 1 aliphatic rings. The van der Waals surface area contributed by atoms with Crippen LogP contribution in [-0.4, -0.2) is 0 Å². The third-order valence-electron chi connectivity index (χ3n) is 3.70. The number of hydrogen-bond donors (Lipinski definition) is 0. The average Bonchev–Trinajstić information content (AvgIpc) is 2.48. The minimum Gasteiger partial charge on any atom is -0.196 e. The van der Waals surface area contributed by atoms with Gasteiger partial charge in [0, 0.05) is 36.9 Å². The van der Waals surface area contributed by atoms with Crippen LogP contribution in [-0.2, 0) is 0 Å². The Balaban J connectivity index is 0.000000331. The van der Waals surface area contributed by atoms with Crippen molar-refractivity contribution < 1.29 is 36.9 Å². The molecule has 1 aromatic rings. The van der Waals surface area contributed by atoms with Crippen molar-refractivity contribution in [2.75, 3.05) is 0 Å². The van der Waals surface area contributed by atoms with Gasteiger partial charge in [0.05, 0.1) is 0 Å². The van der Waals surface area contributed by atoms with Gasteiger partial charge in [0.25, 0.3) is 0 Å². The predicted octanol–water partition coefficient (Wildman–Crippen LogP) is 5.17. The first-order valence-electron chi connectivity index (χ1n) is 6.42. The minimum absolute atomic E-state index is 0. The van der Waals surface area contributed by atoms with E-state index in [9.17, 15) is 0 Å². The molecule has 2 rings (SSSR count). The van der Waals surface area contributed by atoms with Gasteiger partial charge in [-0.1, -0.05) is 83.2 Å². The number of hydrogen-bond acceptors (Lipinski definition) is 0. The summed E-state index contributed by atoms with van der Waals surface area (Å²) in [5.74, 6) is 0. The molecule has 0 saturated heterocycles. The van der Waals surface area contributed by atoms with Gasteiger partial charge in [-0.25, -0.2) is 0 Å². The van der Waals surface area contributed by atoms with E-state index >= 15 is 0 Å². The summed E-state index contributed by atoms with van der Waals surface area (Å²) in [5.41, 5.74) is 7.34. The zero-order valence-electron chi connectivity index (χ0n) is 12.4. The molecule has 109 valence electrons. The molecule has 1 aromatic carbocycles. The standard InChI is InChI=1S/C10H15.C8H8.Tm/c1-6-7(2)9(4)10(5)8(6)3;1-2-4-6-8-7-5-3-1;/h1-5H3;1-8H;/q-1;;/b;2-1-,3-1?,4-2?,5-3-,6-4-,7-5?,8-6?,8-7-;. The molecule has 1 radical (unpaired) electrons. The van der Waals surface area contributed by atoms with E-state index in [1.165, 1.54) is 27.8 Å². The van der Waals surface area contributed by atoms with Crippen LogP contribution in [0.4, 0.5) is 0 Å². The van der Waals surface area contributed by atoms with Crippen molar-refractivity contribution >= 4 is 0 Å². The first-order valence-corrected chi connectivity index (χ1v) is 6.42. The zero-order valence-corrected chi connectivity index (χ0v) is 14.2. The van der Waals surface area contributed by atoms with Crippen LogP contribution in [0.3, 0.4) is 0 Å². The SMILES string of the molecule is C1=C\C=C/C=C\C=C/1.Cc1c(C)c(C)[c-](C)c1C.[Tm]. The van der Waals surface area contributed by atoms with E-state index in [1.54, 1.807) is 0 Å². The normalized spacial score (nSPS) is 19.0. The molecule has 1 aliphatic carbocycles. The fourth-order valence-corrected chi connectivity index (χ4v) is 1.92. The van der Waals surface area contributed by atoms with Gasteiger partial charge in [-0.2, -0.15) is 27.8 Å². The summed E-state index contributed by atoms with van der Waals surface area (Å²) < 4.78 is 0. The van der Waals surface area contributed by atoms with Crippen LogP contribution in [0.15, 0.2) is 48.6 Å². The van der Waals surface area contributed by atoms with Crippen LogP contribution in [0, 0.1) is 71.5 Å². The van der Waals surface area contributed by atoms with E-state index in [-0.39, 0.29) is 36.9 Å². The number of rotatable bonds is 0. The molecule has 0 atom stereocenters. The van der Waals surface area contributed by atoms with Crippen LogP contribution in [0.5, 0.6) is 0 Å². The van der Waals surface area contributed by atoms with E-state index in [0.717, 1.165) is 0 Å². The van der Waals surface area contributed by atoms with Gasteiger partial charge in [0.1, 0.15) is 0 Å². The molecule has 0 saturated carbocycles. The predicted molar refractivity (Wildman–Crippen MR) is 82.3 cm³/mol. The summed E-state index contributed by atoms with van der Waals surface area (Å²) in [4.78, 5) is 0.